The Kier molecular flexibility index (Phi) is 8.53. The Morgan fingerprint density at radius 3 is 2.46 bits per heavy atom. The minimum atomic E-state index is -0.413. The summed E-state index contributed by atoms with van der Waals surface area (Å²) in [5.74, 6) is -0.509. The smallest absolute Gasteiger partial charge is 0.322 e. The SMILES string of the molecule is Cc1ccsc1CN(Cc1ccccc1)C(=O)CN(C(=O)Nc1cccc(F)c1)C1CCCCC1. The van der Waals surface area contributed by atoms with E-state index >= 15 is 0 Å². The van der Waals surface area contributed by atoms with E-state index < -0.39 is 5.82 Å². The van der Waals surface area contributed by atoms with Gasteiger partial charge in [0.05, 0.1) is 6.54 Å². The Balaban J connectivity index is 1.54. The molecule has 0 bridgehead atoms. The number of amides is 3. The summed E-state index contributed by atoms with van der Waals surface area (Å²) >= 11 is 1.64. The Bertz CT molecular complexity index is 1130. The van der Waals surface area contributed by atoms with Gasteiger partial charge in [0.25, 0.3) is 0 Å². The summed E-state index contributed by atoms with van der Waals surface area (Å²) in [7, 11) is 0. The van der Waals surface area contributed by atoms with Crippen molar-refractivity contribution in [1.82, 2.24) is 9.80 Å². The van der Waals surface area contributed by atoms with Crippen LogP contribution >= 0.6 is 11.3 Å². The molecule has 2 aromatic carbocycles. The van der Waals surface area contributed by atoms with Crippen LogP contribution in [-0.2, 0) is 17.9 Å². The van der Waals surface area contributed by atoms with Crippen LogP contribution in [0.4, 0.5) is 14.9 Å². The van der Waals surface area contributed by atoms with Crippen LogP contribution in [-0.4, -0.2) is 34.3 Å². The molecule has 0 atom stereocenters. The third-order valence-corrected chi connectivity index (χ3v) is 7.54. The van der Waals surface area contributed by atoms with Gasteiger partial charge in [-0.25, -0.2) is 9.18 Å². The predicted molar refractivity (Wildman–Crippen MR) is 139 cm³/mol. The summed E-state index contributed by atoms with van der Waals surface area (Å²) in [5.41, 5.74) is 2.59. The predicted octanol–water partition coefficient (Wildman–Crippen LogP) is 6.59. The lowest BCUT2D eigenvalue weighted by atomic mass is 9.94. The van der Waals surface area contributed by atoms with Gasteiger partial charge in [0.15, 0.2) is 0 Å². The molecule has 1 aromatic heterocycles. The maximum Gasteiger partial charge on any atom is 0.322 e. The number of carbonyl (C=O) groups excluding carboxylic acids is 2. The highest BCUT2D eigenvalue weighted by Crippen LogP contribution is 2.25. The van der Waals surface area contributed by atoms with Gasteiger partial charge >= 0.3 is 6.03 Å². The second-order valence-electron chi connectivity index (χ2n) is 9.12. The van der Waals surface area contributed by atoms with Gasteiger partial charge in [0, 0.05) is 23.2 Å². The molecule has 1 fully saturated rings. The first-order chi connectivity index (χ1) is 17.0. The lowest BCUT2D eigenvalue weighted by Crippen LogP contribution is -2.49. The van der Waals surface area contributed by atoms with E-state index in [1.54, 1.807) is 28.4 Å². The van der Waals surface area contributed by atoms with Gasteiger partial charge < -0.3 is 15.1 Å². The highest BCUT2D eigenvalue weighted by Gasteiger charge is 2.29. The monoisotopic (exact) mass is 493 g/mol. The highest BCUT2D eigenvalue weighted by atomic mass is 32.1. The fraction of sp³-hybridized carbons (Fsp3) is 0.357. The molecule has 35 heavy (non-hydrogen) atoms. The number of nitrogens with zero attached hydrogens (tertiary/aromatic N) is 2. The van der Waals surface area contributed by atoms with Crippen molar-refractivity contribution in [3.05, 3.63) is 87.9 Å². The van der Waals surface area contributed by atoms with E-state index in [1.165, 1.54) is 12.1 Å². The molecule has 1 aliphatic carbocycles. The standard InChI is InChI=1S/C28H32FN3O2S/c1-21-15-16-35-26(21)19-31(18-22-9-4-2-5-10-22)27(33)20-32(25-13-6-3-7-14-25)28(34)30-24-12-8-11-23(29)17-24/h2,4-5,8-12,15-17,25H,3,6-7,13-14,18-20H2,1H3,(H,30,34). The second-order valence-corrected chi connectivity index (χ2v) is 10.1. The molecule has 1 saturated carbocycles. The third-order valence-electron chi connectivity index (χ3n) is 6.53. The van der Waals surface area contributed by atoms with Crippen molar-refractivity contribution in [2.24, 2.45) is 0 Å². The van der Waals surface area contributed by atoms with Crippen molar-refractivity contribution in [2.45, 2.75) is 58.2 Å². The van der Waals surface area contributed by atoms with Crippen LogP contribution in [0.2, 0.25) is 0 Å². The molecule has 0 spiro atoms. The van der Waals surface area contributed by atoms with E-state index in [1.807, 2.05) is 40.6 Å². The maximum atomic E-state index is 13.7. The zero-order valence-corrected chi connectivity index (χ0v) is 20.9. The zero-order valence-electron chi connectivity index (χ0n) is 20.1. The van der Waals surface area contributed by atoms with Crippen molar-refractivity contribution in [3.8, 4) is 0 Å². The van der Waals surface area contributed by atoms with Gasteiger partial charge in [-0.2, -0.15) is 0 Å². The van der Waals surface area contributed by atoms with Crippen molar-refractivity contribution >= 4 is 29.0 Å². The van der Waals surface area contributed by atoms with Crippen LogP contribution in [0.5, 0.6) is 0 Å². The van der Waals surface area contributed by atoms with Crippen molar-refractivity contribution in [1.29, 1.82) is 0 Å². The van der Waals surface area contributed by atoms with E-state index in [2.05, 4.69) is 18.3 Å². The number of nitrogens with one attached hydrogen (secondary N) is 1. The van der Waals surface area contributed by atoms with Crippen molar-refractivity contribution in [3.63, 3.8) is 0 Å². The normalized spacial score (nSPS) is 13.9. The molecule has 7 heteroatoms. The van der Waals surface area contributed by atoms with Gasteiger partial charge in [-0.1, -0.05) is 55.7 Å². The number of carbonyl (C=O) groups is 2. The molecule has 1 aliphatic rings. The molecule has 0 unspecified atom stereocenters. The first-order valence-corrected chi connectivity index (χ1v) is 13.1. The summed E-state index contributed by atoms with van der Waals surface area (Å²) in [6.45, 7) is 3.02. The maximum absolute atomic E-state index is 13.7. The molecule has 0 saturated heterocycles. The topological polar surface area (TPSA) is 52.7 Å². The van der Waals surface area contributed by atoms with Gasteiger partial charge in [-0.05, 0) is 60.5 Å². The number of hydrogen-bond donors (Lipinski definition) is 1. The zero-order chi connectivity index (χ0) is 24.6. The van der Waals surface area contributed by atoms with Gasteiger partial charge in [-0.3, -0.25) is 4.79 Å². The summed E-state index contributed by atoms with van der Waals surface area (Å²) in [6.07, 6.45) is 4.94. The molecule has 184 valence electrons. The van der Waals surface area contributed by atoms with E-state index in [4.69, 9.17) is 0 Å². The van der Waals surface area contributed by atoms with E-state index in [-0.39, 0.29) is 24.5 Å². The first kappa shape index (κ1) is 24.9. The quantitative estimate of drug-likeness (QED) is 0.385. The van der Waals surface area contributed by atoms with Crippen LogP contribution in [0, 0.1) is 12.7 Å². The molecule has 4 rings (SSSR count). The third kappa shape index (κ3) is 6.92. The molecular weight excluding hydrogens is 461 g/mol. The van der Waals surface area contributed by atoms with Gasteiger partial charge in [0.1, 0.15) is 12.4 Å². The van der Waals surface area contributed by atoms with E-state index in [9.17, 15) is 14.0 Å². The average molecular weight is 494 g/mol. The second kappa shape index (κ2) is 12.0. The van der Waals surface area contributed by atoms with Crippen LogP contribution < -0.4 is 5.32 Å². The number of aryl methyl sites for hydroxylation is 1. The van der Waals surface area contributed by atoms with Crippen LogP contribution in [0.25, 0.3) is 0 Å². The molecule has 1 heterocycles. The number of benzene rings is 2. The number of halogens is 1. The highest BCUT2D eigenvalue weighted by molar-refractivity contribution is 7.10. The molecule has 1 N–H and O–H groups in total. The summed E-state index contributed by atoms with van der Waals surface area (Å²) in [4.78, 5) is 31.7. The Labute approximate surface area is 210 Å². The number of urea groups is 1. The Hall–Kier alpha value is -3.19. The Morgan fingerprint density at radius 1 is 1.00 bits per heavy atom. The minimum absolute atomic E-state index is 0.0108. The molecule has 0 aliphatic heterocycles. The van der Waals surface area contributed by atoms with E-state index in [0.717, 1.165) is 48.1 Å². The molecular formula is C28H32FN3O2S. The van der Waals surface area contributed by atoms with Crippen molar-refractivity contribution in [2.75, 3.05) is 11.9 Å². The molecule has 5 nitrogen and oxygen atoms in total. The average Bonchev–Trinajstić information content (AvgIpc) is 3.27. The number of anilines is 1. The number of hydrogen-bond acceptors (Lipinski definition) is 3. The summed E-state index contributed by atoms with van der Waals surface area (Å²) in [6, 6.07) is 17.5. The summed E-state index contributed by atoms with van der Waals surface area (Å²) in [5, 5.41) is 4.85. The fourth-order valence-electron chi connectivity index (χ4n) is 4.54. The van der Waals surface area contributed by atoms with Crippen LogP contribution in [0.1, 0.15) is 48.1 Å². The van der Waals surface area contributed by atoms with Gasteiger partial charge in [-0.15, -0.1) is 11.3 Å². The van der Waals surface area contributed by atoms with Crippen LogP contribution in [0.3, 0.4) is 0 Å². The number of thiophene rings is 1. The Morgan fingerprint density at radius 2 is 1.77 bits per heavy atom. The van der Waals surface area contributed by atoms with Gasteiger partial charge in [0.2, 0.25) is 5.91 Å². The summed E-state index contributed by atoms with van der Waals surface area (Å²) < 4.78 is 13.7. The molecule has 3 aromatic rings. The lowest BCUT2D eigenvalue weighted by Gasteiger charge is -2.35. The largest absolute Gasteiger partial charge is 0.332 e. The van der Waals surface area contributed by atoms with Crippen molar-refractivity contribution < 1.29 is 14.0 Å². The first-order valence-electron chi connectivity index (χ1n) is 12.2. The van der Waals surface area contributed by atoms with Crippen LogP contribution in [0.15, 0.2) is 66.0 Å². The fourth-order valence-corrected chi connectivity index (χ4v) is 5.46. The van der Waals surface area contributed by atoms with E-state index in [0.29, 0.717) is 18.8 Å². The minimum Gasteiger partial charge on any atom is -0.332 e. The lowest BCUT2D eigenvalue weighted by molar-refractivity contribution is -0.133. The molecule has 3 amide bonds. The molecule has 0 radical (unpaired) electrons. The number of rotatable bonds is 8.